The van der Waals surface area contributed by atoms with Crippen molar-refractivity contribution in [2.75, 3.05) is 40.9 Å². The summed E-state index contributed by atoms with van der Waals surface area (Å²) in [4.78, 5) is 25.7. The van der Waals surface area contributed by atoms with Gasteiger partial charge in [0.05, 0.1) is 39.9 Å². The van der Waals surface area contributed by atoms with Crippen molar-refractivity contribution in [2.24, 2.45) is 0 Å². The van der Waals surface area contributed by atoms with Gasteiger partial charge >= 0.3 is 0 Å². The monoisotopic (exact) mass is 1180 g/mol. The van der Waals surface area contributed by atoms with Crippen molar-refractivity contribution in [3.05, 3.63) is 0 Å². The second-order valence-corrected chi connectivity index (χ2v) is 28.8. The van der Waals surface area contributed by atoms with E-state index in [1.54, 1.807) is 0 Å². The van der Waals surface area contributed by atoms with Crippen LogP contribution < -0.4 is 10.2 Å². The minimum Gasteiger partial charge on any atom is -0.756 e. The molecule has 2 N–H and O–H groups in total. The van der Waals surface area contributed by atoms with Gasteiger partial charge in [-0.15, -0.1) is 0 Å². The maximum Gasteiger partial charge on any atom is 0.268 e. The third-order valence-electron chi connectivity index (χ3n) is 17.8. The summed E-state index contributed by atoms with van der Waals surface area (Å²) in [5, 5.41) is 14.1. The molecule has 0 aliphatic heterocycles. The first kappa shape index (κ1) is 81.5. The van der Waals surface area contributed by atoms with Crippen LogP contribution in [0.5, 0.6) is 0 Å². The van der Waals surface area contributed by atoms with Gasteiger partial charge in [-0.1, -0.05) is 393 Å². The lowest BCUT2D eigenvalue weighted by atomic mass is 10.0. The Morgan fingerprint density at radius 3 is 0.829 bits per heavy atom. The van der Waals surface area contributed by atoms with Crippen LogP contribution in [-0.2, 0) is 18.4 Å². The molecule has 0 aliphatic rings. The number of nitrogens with zero attached hydrogens (tertiary/aromatic N) is 1. The Balaban J connectivity index is 3.94. The number of quaternary nitrogens is 1. The van der Waals surface area contributed by atoms with Gasteiger partial charge in [-0.25, -0.2) is 0 Å². The van der Waals surface area contributed by atoms with Crippen LogP contribution >= 0.6 is 7.82 Å². The van der Waals surface area contributed by atoms with Crippen molar-refractivity contribution >= 4 is 13.7 Å². The highest BCUT2D eigenvalue weighted by molar-refractivity contribution is 7.45. The van der Waals surface area contributed by atoms with Crippen LogP contribution in [0, 0.1) is 0 Å². The van der Waals surface area contributed by atoms with Crippen LogP contribution in [-0.4, -0.2) is 68.5 Å². The zero-order chi connectivity index (χ0) is 59.8. The van der Waals surface area contributed by atoms with Gasteiger partial charge in [0.1, 0.15) is 13.2 Å². The van der Waals surface area contributed by atoms with Crippen molar-refractivity contribution in [1.82, 2.24) is 5.32 Å². The predicted molar refractivity (Wildman–Crippen MR) is 358 cm³/mol. The molecule has 1 amide bonds. The van der Waals surface area contributed by atoms with Gasteiger partial charge in [-0.2, -0.15) is 0 Å². The van der Waals surface area contributed by atoms with Crippen LogP contribution in [0.4, 0.5) is 0 Å². The minimum absolute atomic E-state index is 0.0171. The molecule has 82 heavy (non-hydrogen) atoms. The summed E-state index contributed by atoms with van der Waals surface area (Å²) in [6.07, 6.45) is 82.0. The highest BCUT2D eigenvalue weighted by Crippen LogP contribution is 2.38. The highest BCUT2D eigenvalue weighted by Gasteiger charge is 2.24. The van der Waals surface area contributed by atoms with Gasteiger partial charge in [0.15, 0.2) is 0 Å². The third kappa shape index (κ3) is 67.0. The molecule has 0 saturated carbocycles. The number of hydrogen-bond acceptors (Lipinski definition) is 6. The Kier molecular flexibility index (Phi) is 64.6. The maximum atomic E-state index is 13.1. The third-order valence-corrected chi connectivity index (χ3v) is 18.8. The smallest absolute Gasteiger partial charge is 0.268 e. The average Bonchev–Trinajstić information content (AvgIpc) is 3.47. The largest absolute Gasteiger partial charge is 0.756 e. The molecule has 8 nitrogen and oxygen atoms in total. The first-order valence-corrected chi connectivity index (χ1v) is 38.8. The van der Waals surface area contributed by atoms with Gasteiger partial charge in [0, 0.05) is 6.42 Å². The predicted octanol–water partition coefficient (Wildman–Crippen LogP) is 23.3. The molecule has 3 unspecified atom stereocenters. The highest BCUT2D eigenvalue weighted by atomic mass is 31.2. The number of rotatable bonds is 71. The molecular formula is C73H149N2O6P. The number of unbranched alkanes of at least 4 members (excludes halogenated alkanes) is 58. The van der Waals surface area contributed by atoms with Crippen LogP contribution in [0.1, 0.15) is 412 Å². The van der Waals surface area contributed by atoms with E-state index >= 15 is 0 Å². The summed E-state index contributed by atoms with van der Waals surface area (Å²) in [7, 11) is 1.33. The first-order chi connectivity index (χ1) is 40.0. The van der Waals surface area contributed by atoms with Crippen molar-refractivity contribution in [3.63, 3.8) is 0 Å². The fraction of sp³-hybridized carbons (Fsp3) is 0.986. The van der Waals surface area contributed by atoms with E-state index in [4.69, 9.17) is 9.05 Å². The summed E-state index contributed by atoms with van der Waals surface area (Å²) in [6, 6.07) is -0.797. The molecule has 0 saturated heterocycles. The first-order valence-electron chi connectivity index (χ1n) is 37.4. The summed E-state index contributed by atoms with van der Waals surface area (Å²) in [6.45, 7) is 4.81. The quantitative estimate of drug-likeness (QED) is 0.0357. The number of phosphoric acid groups is 1. The Hall–Kier alpha value is -0.500. The zero-order valence-electron chi connectivity index (χ0n) is 56.5. The molecule has 0 radical (unpaired) electrons. The maximum absolute atomic E-state index is 13.1. The minimum atomic E-state index is -4.58. The number of carbonyl (C=O) groups excluding carboxylic acids is 1. The van der Waals surface area contributed by atoms with Crippen LogP contribution in [0.2, 0.25) is 0 Å². The number of aliphatic hydroxyl groups is 1. The summed E-state index contributed by atoms with van der Waals surface area (Å²) in [5.41, 5.74) is 0. The summed E-state index contributed by atoms with van der Waals surface area (Å²) in [5.74, 6) is -0.152. The molecule has 0 spiro atoms. The molecule has 0 aromatic rings. The molecule has 0 aliphatic carbocycles. The summed E-state index contributed by atoms with van der Waals surface area (Å²) < 4.78 is 23.6. The molecular weight excluding hydrogens is 1030 g/mol. The molecule has 9 heteroatoms. The summed E-state index contributed by atoms with van der Waals surface area (Å²) >= 11 is 0. The topological polar surface area (TPSA) is 108 Å². The molecule has 0 aromatic carbocycles. The van der Waals surface area contributed by atoms with Gasteiger partial charge in [-0.05, 0) is 12.8 Å². The number of aliphatic hydroxyl groups excluding tert-OH is 1. The van der Waals surface area contributed by atoms with Gasteiger partial charge in [-0.3, -0.25) is 9.36 Å². The van der Waals surface area contributed by atoms with Crippen molar-refractivity contribution in [1.29, 1.82) is 0 Å². The Morgan fingerprint density at radius 1 is 0.378 bits per heavy atom. The lowest BCUT2D eigenvalue weighted by molar-refractivity contribution is -0.870. The van der Waals surface area contributed by atoms with Crippen LogP contribution in [0.15, 0.2) is 0 Å². The lowest BCUT2D eigenvalue weighted by Crippen LogP contribution is -2.46. The number of hydrogen-bond donors (Lipinski definition) is 2. The molecule has 492 valence electrons. The SMILES string of the molecule is CCCCCCCCCCCCCCCCCCCCCCCCCCCCCCCCCCC(=O)NC(COP(=O)([O-])OCC[N+](C)(C)C)C(O)CCCCCCCCCCCCCCCCCCCCCCCCCCCCCC. The van der Waals surface area contributed by atoms with E-state index in [1.165, 1.54) is 347 Å². The molecule has 0 bridgehead atoms. The van der Waals surface area contributed by atoms with Gasteiger partial charge in [0.25, 0.3) is 7.82 Å². The zero-order valence-corrected chi connectivity index (χ0v) is 57.4. The molecule has 0 aromatic heterocycles. The number of amides is 1. The van der Waals surface area contributed by atoms with Gasteiger partial charge in [0.2, 0.25) is 5.91 Å². The van der Waals surface area contributed by atoms with E-state index in [1.807, 2.05) is 21.1 Å². The van der Waals surface area contributed by atoms with Crippen molar-refractivity contribution < 1.29 is 32.9 Å². The number of carbonyl (C=O) groups is 1. The Labute approximate surface area is 514 Å². The fourth-order valence-electron chi connectivity index (χ4n) is 12.0. The van der Waals surface area contributed by atoms with E-state index in [0.717, 1.165) is 38.5 Å². The van der Waals surface area contributed by atoms with E-state index < -0.39 is 20.0 Å². The number of nitrogens with one attached hydrogen (secondary N) is 1. The Bertz CT molecular complexity index is 1300. The fourth-order valence-corrected chi connectivity index (χ4v) is 12.8. The van der Waals surface area contributed by atoms with Crippen molar-refractivity contribution in [2.45, 2.75) is 424 Å². The molecule has 3 atom stereocenters. The molecule has 0 rings (SSSR count). The molecule has 0 fully saturated rings. The molecule has 0 heterocycles. The van der Waals surface area contributed by atoms with Crippen LogP contribution in [0.3, 0.4) is 0 Å². The second-order valence-electron chi connectivity index (χ2n) is 27.4. The van der Waals surface area contributed by atoms with E-state index in [9.17, 15) is 19.4 Å². The van der Waals surface area contributed by atoms with E-state index in [0.29, 0.717) is 23.9 Å². The van der Waals surface area contributed by atoms with E-state index in [-0.39, 0.29) is 19.1 Å². The van der Waals surface area contributed by atoms with E-state index in [2.05, 4.69) is 19.2 Å². The standard InChI is InChI=1S/C73H149N2O6P/c1-6-8-10-12-14-16-18-20-22-24-26-28-30-32-34-36-37-38-39-41-43-45-47-49-51-53-55-57-59-61-63-65-67-73(77)74-71(70-81-82(78,79)80-69-68-75(3,4)5)72(76)66-64-62-60-58-56-54-52-50-48-46-44-42-40-35-33-31-29-27-25-23-21-19-17-15-13-11-9-7-2/h71-72,76H,6-70H2,1-5H3,(H-,74,77,78,79). The van der Waals surface area contributed by atoms with Gasteiger partial charge < -0.3 is 28.8 Å². The number of likely N-dealkylation sites (N-methyl/N-ethyl adjacent to an activating group) is 1. The lowest BCUT2D eigenvalue weighted by Gasteiger charge is -2.30. The number of phosphoric ester groups is 1. The normalized spacial score (nSPS) is 13.5. The Morgan fingerprint density at radius 2 is 0.598 bits per heavy atom. The second kappa shape index (κ2) is 65.0. The van der Waals surface area contributed by atoms with Crippen LogP contribution in [0.25, 0.3) is 0 Å². The average molecular weight is 1180 g/mol. The van der Waals surface area contributed by atoms with Crippen molar-refractivity contribution in [3.8, 4) is 0 Å².